The lowest BCUT2D eigenvalue weighted by molar-refractivity contribution is -0.192. The monoisotopic (exact) mass is 506 g/mol. The zero-order valence-electron chi connectivity index (χ0n) is 18.2. The Bertz CT molecular complexity index is 1270. The number of anilines is 2. The molecule has 0 spiro atoms. The first-order chi connectivity index (χ1) is 16.8. The summed E-state index contributed by atoms with van der Waals surface area (Å²) in [5.41, 5.74) is 2.93. The summed E-state index contributed by atoms with van der Waals surface area (Å²) in [5.74, 6) is -0.190. The van der Waals surface area contributed by atoms with E-state index < -0.39 is 12.1 Å². The molecular weight excluding hydrogens is 485 g/mol. The fourth-order valence-corrected chi connectivity index (χ4v) is 3.92. The summed E-state index contributed by atoms with van der Waals surface area (Å²) in [6, 6.07) is 10.1. The first-order valence-corrected chi connectivity index (χ1v) is 11.4. The highest BCUT2D eigenvalue weighted by Gasteiger charge is 2.38. The topological polar surface area (TPSA) is 121 Å². The largest absolute Gasteiger partial charge is 0.490 e. The number of aromatic nitrogens is 5. The molecule has 4 aromatic heterocycles. The van der Waals surface area contributed by atoms with E-state index in [1.807, 2.05) is 41.2 Å². The number of alkyl halides is 3. The molecule has 5 rings (SSSR count). The van der Waals surface area contributed by atoms with E-state index in [-0.39, 0.29) is 0 Å². The van der Waals surface area contributed by atoms with Gasteiger partial charge in [-0.15, -0.1) is 15.3 Å². The Morgan fingerprint density at radius 2 is 1.94 bits per heavy atom. The van der Waals surface area contributed by atoms with E-state index in [9.17, 15) is 13.2 Å². The van der Waals surface area contributed by atoms with Crippen LogP contribution >= 0.6 is 11.3 Å². The maximum Gasteiger partial charge on any atom is 0.490 e. The number of carboxylic acid groups (broad SMARTS) is 1. The van der Waals surface area contributed by atoms with Gasteiger partial charge in [0.25, 0.3) is 0 Å². The van der Waals surface area contributed by atoms with Crippen LogP contribution in [0.15, 0.2) is 47.3 Å². The third kappa shape index (κ3) is 6.22. The highest BCUT2D eigenvalue weighted by molar-refractivity contribution is 7.08. The highest BCUT2D eigenvalue weighted by Crippen LogP contribution is 2.21. The zero-order chi connectivity index (χ0) is 24.8. The Balaban J connectivity index is 0.000000364. The SMILES string of the molecule is O=C(O)C(F)(F)F.c1cc(CNc2ccc3nnc(-c4ccsc4)n3n2)cc(N2CCNCC2)n1. The van der Waals surface area contributed by atoms with Crippen LogP contribution in [0.2, 0.25) is 0 Å². The molecule has 1 aliphatic heterocycles. The van der Waals surface area contributed by atoms with Crippen molar-refractivity contribution in [3.8, 4) is 11.4 Å². The summed E-state index contributed by atoms with van der Waals surface area (Å²) in [5, 5.41) is 31.1. The second-order valence-electron chi connectivity index (χ2n) is 7.44. The average Bonchev–Trinajstić information content (AvgIpc) is 3.53. The number of pyridine rings is 1. The van der Waals surface area contributed by atoms with Crippen molar-refractivity contribution >= 4 is 34.6 Å². The predicted molar refractivity (Wildman–Crippen MR) is 124 cm³/mol. The average molecular weight is 507 g/mol. The molecule has 1 saturated heterocycles. The molecule has 3 N–H and O–H groups in total. The van der Waals surface area contributed by atoms with E-state index in [4.69, 9.17) is 9.90 Å². The maximum atomic E-state index is 10.6. The van der Waals surface area contributed by atoms with Crippen LogP contribution in [0.3, 0.4) is 0 Å². The maximum absolute atomic E-state index is 10.6. The van der Waals surface area contributed by atoms with Gasteiger partial charge in [-0.05, 0) is 41.3 Å². The molecular formula is C21H21F3N8O2S. The smallest absolute Gasteiger partial charge is 0.475 e. The third-order valence-corrected chi connectivity index (χ3v) is 5.69. The summed E-state index contributed by atoms with van der Waals surface area (Å²) in [7, 11) is 0. The second kappa shape index (κ2) is 10.7. The summed E-state index contributed by atoms with van der Waals surface area (Å²) >= 11 is 1.63. The predicted octanol–water partition coefficient (Wildman–Crippen LogP) is 2.90. The minimum absolute atomic E-state index is 0.677. The number of carbonyl (C=O) groups is 1. The van der Waals surface area contributed by atoms with Crippen molar-refractivity contribution in [2.45, 2.75) is 12.7 Å². The van der Waals surface area contributed by atoms with Gasteiger partial charge in [-0.2, -0.15) is 29.0 Å². The standard InChI is InChI=1S/C19H20N8S.C2HF3O2/c1-2-17-23-24-19(15-4-10-28-13-15)27(17)25-16(1)22-12-14-3-5-21-18(11-14)26-8-6-20-7-9-26;3-2(4,5)1(6)7/h1-5,10-11,13,20H,6-9,12H2,(H,22,25);(H,6,7). The van der Waals surface area contributed by atoms with Crippen LogP contribution in [-0.4, -0.2) is 68.2 Å². The van der Waals surface area contributed by atoms with Gasteiger partial charge in [-0.1, -0.05) is 0 Å². The van der Waals surface area contributed by atoms with Gasteiger partial charge in [0.05, 0.1) is 0 Å². The summed E-state index contributed by atoms with van der Waals surface area (Å²) in [4.78, 5) is 15.7. The lowest BCUT2D eigenvalue weighted by Gasteiger charge is -2.28. The quantitative estimate of drug-likeness (QED) is 0.375. The number of carboxylic acids is 1. The third-order valence-electron chi connectivity index (χ3n) is 5.01. The normalized spacial score (nSPS) is 13.9. The van der Waals surface area contributed by atoms with E-state index in [0.717, 1.165) is 54.8 Å². The minimum atomic E-state index is -5.08. The van der Waals surface area contributed by atoms with Crippen LogP contribution in [0, 0.1) is 0 Å². The Kier molecular flexibility index (Phi) is 7.41. The number of rotatable bonds is 5. The molecule has 10 nitrogen and oxygen atoms in total. The van der Waals surface area contributed by atoms with Crippen LogP contribution < -0.4 is 15.5 Å². The number of hydrogen-bond donors (Lipinski definition) is 3. The Morgan fingerprint density at radius 1 is 1.17 bits per heavy atom. The number of hydrogen-bond acceptors (Lipinski definition) is 9. The molecule has 0 aromatic carbocycles. The van der Waals surface area contributed by atoms with Gasteiger partial charge in [0.1, 0.15) is 11.6 Å². The molecule has 184 valence electrons. The molecule has 0 radical (unpaired) electrons. The summed E-state index contributed by atoms with van der Waals surface area (Å²) < 4.78 is 33.5. The lowest BCUT2D eigenvalue weighted by atomic mass is 10.2. The van der Waals surface area contributed by atoms with Crippen molar-refractivity contribution in [2.75, 3.05) is 36.4 Å². The lowest BCUT2D eigenvalue weighted by Crippen LogP contribution is -2.43. The highest BCUT2D eigenvalue weighted by atomic mass is 32.1. The molecule has 4 aromatic rings. The van der Waals surface area contributed by atoms with Crippen LogP contribution in [0.25, 0.3) is 17.0 Å². The van der Waals surface area contributed by atoms with Crippen LogP contribution in [0.4, 0.5) is 24.8 Å². The van der Waals surface area contributed by atoms with Crippen molar-refractivity contribution in [3.63, 3.8) is 0 Å². The van der Waals surface area contributed by atoms with E-state index >= 15 is 0 Å². The number of nitrogens with zero attached hydrogens (tertiary/aromatic N) is 6. The molecule has 0 bridgehead atoms. The molecule has 1 fully saturated rings. The number of nitrogens with one attached hydrogen (secondary N) is 2. The molecule has 1 aliphatic rings. The van der Waals surface area contributed by atoms with Gasteiger partial charge in [0, 0.05) is 49.9 Å². The van der Waals surface area contributed by atoms with Crippen molar-refractivity contribution in [2.24, 2.45) is 0 Å². The van der Waals surface area contributed by atoms with Crippen molar-refractivity contribution < 1.29 is 23.1 Å². The molecule has 0 aliphatic carbocycles. The number of piperazine rings is 1. The molecule has 0 unspecified atom stereocenters. The number of thiophene rings is 1. The van der Waals surface area contributed by atoms with E-state index in [0.29, 0.717) is 6.54 Å². The van der Waals surface area contributed by atoms with E-state index in [1.165, 1.54) is 5.56 Å². The molecule has 5 heterocycles. The van der Waals surface area contributed by atoms with Gasteiger partial charge in [-0.3, -0.25) is 0 Å². The molecule has 0 atom stereocenters. The fraction of sp³-hybridized carbons (Fsp3) is 0.286. The van der Waals surface area contributed by atoms with Crippen molar-refractivity contribution in [1.82, 2.24) is 30.1 Å². The minimum Gasteiger partial charge on any atom is -0.475 e. The number of aliphatic carboxylic acids is 1. The number of fused-ring (bicyclic) bond motifs is 1. The van der Waals surface area contributed by atoms with Crippen molar-refractivity contribution in [1.29, 1.82) is 0 Å². The molecule has 0 amide bonds. The first kappa shape index (κ1) is 24.3. The van der Waals surface area contributed by atoms with Gasteiger partial charge < -0.3 is 20.6 Å². The molecule has 14 heteroatoms. The van der Waals surface area contributed by atoms with Crippen LogP contribution in [0.1, 0.15) is 5.56 Å². The Labute approximate surface area is 201 Å². The number of halogens is 3. The zero-order valence-corrected chi connectivity index (χ0v) is 19.1. The van der Waals surface area contributed by atoms with Crippen LogP contribution in [-0.2, 0) is 11.3 Å². The van der Waals surface area contributed by atoms with Gasteiger partial charge in [-0.25, -0.2) is 9.78 Å². The summed E-state index contributed by atoms with van der Waals surface area (Å²) in [6.45, 7) is 4.65. The van der Waals surface area contributed by atoms with Crippen molar-refractivity contribution in [3.05, 3.63) is 52.9 Å². The fourth-order valence-electron chi connectivity index (χ4n) is 3.28. The van der Waals surface area contributed by atoms with Gasteiger partial charge in [0.15, 0.2) is 11.5 Å². The van der Waals surface area contributed by atoms with Crippen LogP contribution in [0.5, 0.6) is 0 Å². The molecule has 0 saturated carbocycles. The first-order valence-electron chi connectivity index (χ1n) is 10.5. The van der Waals surface area contributed by atoms with Gasteiger partial charge >= 0.3 is 12.1 Å². The Hall–Kier alpha value is -3.78. The van der Waals surface area contributed by atoms with E-state index in [1.54, 1.807) is 15.9 Å². The van der Waals surface area contributed by atoms with E-state index in [2.05, 4.69) is 41.9 Å². The van der Waals surface area contributed by atoms with Gasteiger partial charge in [0.2, 0.25) is 0 Å². The Morgan fingerprint density at radius 3 is 2.63 bits per heavy atom. The molecule has 35 heavy (non-hydrogen) atoms. The second-order valence-corrected chi connectivity index (χ2v) is 8.22. The summed E-state index contributed by atoms with van der Waals surface area (Å²) in [6.07, 6.45) is -3.21.